The van der Waals surface area contributed by atoms with Crippen molar-refractivity contribution in [1.29, 1.82) is 0 Å². The fourth-order valence-corrected chi connectivity index (χ4v) is 2.37. The molecule has 0 heterocycles. The first-order valence-corrected chi connectivity index (χ1v) is 6.91. The average Bonchev–Trinajstić information content (AvgIpc) is 2.29. The molecule has 100 valence electrons. The van der Waals surface area contributed by atoms with Gasteiger partial charge in [-0.1, -0.05) is 36.7 Å². The van der Waals surface area contributed by atoms with Crippen molar-refractivity contribution in [2.24, 2.45) is 5.92 Å². The van der Waals surface area contributed by atoms with Crippen molar-refractivity contribution in [3.63, 3.8) is 0 Å². The van der Waals surface area contributed by atoms with E-state index in [0.717, 1.165) is 10.9 Å². The lowest BCUT2D eigenvalue weighted by Crippen LogP contribution is -2.32. The van der Waals surface area contributed by atoms with Crippen LogP contribution < -0.4 is 5.32 Å². The fraction of sp³-hybridized carbons (Fsp3) is 0.538. The van der Waals surface area contributed by atoms with Crippen LogP contribution in [0.1, 0.15) is 32.8 Å². The van der Waals surface area contributed by atoms with Gasteiger partial charge in [0.25, 0.3) is 5.69 Å². The molecule has 0 saturated heterocycles. The number of nitrogens with zero attached hydrogens (tertiary/aromatic N) is 1. The maximum atomic E-state index is 10.9. The molecule has 0 amide bonds. The van der Waals surface area contributed by atoms with E-state index in [4.69, 9.17) is 0 Å². The minimum absolute atomic E-state index is 0.171. The van der Waals surface area contributed by atoms with Crippen LogP contribution in [0.4, 0.5) is 5.69 Å². The second kappa shape index (κ2) is 6.85. The van der Waals surface area contributed by atoms with Gasteiger partial charge in [0.15, 0.2) is 0 Å². The minimum Gasteiger partial charge on any atom is -0.309 e. The monoisotopic (exact) mass is 314 g/mol. The number of nitro groups is 1. The highest BCUT2D eigenvalue weighted by Crippen LogP contribution is 2.23. The number of halogens is 1. The Bertz CT molecular complexity index is 421. The fourth-order valence-electron chi connectivity index (χ4n) is 1.97. The molecule has 4 nitrogen and oxygen atoms in total. The standard InChI is InChI=1S/C13H19BrN2O2/c1-4-12(9(2)3)15-8-10-7-11(14)5-6-13(10)16(17)18/h5-7,9,12,15H,4,8H2,1-3H3. The van der Waals surface area contributed by atoms with Crippen LogP contribution in [0.25, 0.3) is 0 Å². The van der Waals surface area contributed by atoms with Gasteiger partial charge in [0.2, 0.25) is 0 Å². The third-order valence-corrected chi connectivity index (χ3v) is 3.53. The average molecular weight is 315 g/mol. The van der Waals surface area contributed by atoms with Crippen molar-refractivity contribution in [1.82, 2.24) is 5.32 Å². The molecule has 0 aliphatic rings. The lowest BCUT2D eigenvalue weighted by Gasteiger charge is -2.20. The molecule has 0 aromatic heterocycles. The second-order valence-electron chi connectivity index (χ2n) is 4.67. The molecule has 0 radical (unpaired) electrons. The third-order valence-electron chi connectivity index (χ3n) is 3.04. The highest BCUT2D eigenvalue weighted by atomic mass is 79.9. The summed E-state index contributed by atoms with van der Waals surface area (Å²) < 4.78 is 0.863. The van der Waals surface area contributed by atoms with Gasteiger partial charge in [0.05, 0.1) is 4.92 Å². The van der Waals surface area contributed by atoms with E-state index in [1.54, 1.807) is 12.1 Å². The van der Waals surface area contributed by atoms with Crippen molar-refractivity contribution < 1.29 is 4.92 Å². The molecule has 0 saturated carbocycles. The van der Waals surface area contributed by atoms with Crippen molar-refractivity contribution >= 4 is 21.6 Å². The summed E-state index contributed by atoms with van der Waals surface area (Å²) in [6, 6.07) is 5.42. The molecule has 1 aromatic rings. The molecule has 0 fully saturated rings. The third kappa shape index (κ3) is 4.07. The van der Waals surface area contributed by atoms with Gasteiger partial charge in [-0.3, -0.25) is 10.1 Å². The predicted molar refractivity (Wildman–Crippen MR) is 76.6 cm³/mol. The highest BCUT2D eigenvalue weighted by molar-refractivity contribution is 9.10. The zero-order valence-corrected chi connectivity index (χ0v) is 12.5. The molecule has 1 N–H and O–H groups in total. The molecular formula is C13H19BrN2O2. The first-order valence-electron chi connectivity index (χ1n) is 6.11. The number of hydrogen-bond acceptors (Lipinski definition) is 3. The molecule has 0 spiro atoms. The molecule has 18 heavy (non-hydrogen) atoms. The van der Waals surface area contributed by atoms with Gasteiger partial charge in [0, 0.05) is 28.7 Å². The largest absolute Gasteiger partial charge is 0.309 e. The number of benzene rings is 1. The first kappa shape index (κ1) is 15.1. The molecular weight excluding hydrogens is 296 g/mol. The van der Waals surface area contributed by atoms with E-state index in [1.807, 2.05) is 0 Å². The van der Waals surface area contributed by atoms with Crippen LogP contribution in [0, 0.1) is 16.0 Å². The van der Waals surface area contributed by atoms with Crippen LogP contribution in [0.15, 0.2) is 22.7 Å². The maximum Gasteiger partial charge on any atom is 0.273 e. The van der Waals surface area contributed by atoms with Crippen molar-refractivity contribution in [3.05, 3.63) is 38.3 Å². The van der Waals surface area contributed by atoms with Gasteiger partial charge >= 0.3 is 0 Å². The second-order valence-corrected chi connectivity index (χ2v) is 5.59. The summed E-state index contributed by atoms with van der Waals surface area (Å²) in [4.78, 5) is 10.6. The van der Waals surface area contributed by atoms with Crippen LogP contribution in [0.3, 0.4) is 0 Å². The van der Waals surface area contributed by atoms with E-state index in [2.05, 4.69) is 42.0 Å². The van der Waals surface area contributed by atoms with E-state index in [-0.39, 0.29) is 10.6 Å². The van der Waals surface area contributed by atoms with Gasteiger partial charge < -0.3 is 5.32 Å². The van der Waals surface area contributed by atoms with Gasteiger partial charge in [0.1, 0.15) is 0 Å². The van der Waals surface area contributed by atoms with Crippen molar-refractivity contribution in [3.8, 4) is 0 Å². The minimum atomic E-state index is -0.334. The van der Waals surface area contributed by atoms with Gasteiger partial charge in [-0.05, 0) is 24.5 Å². The van der Waals surface area contributed by atoms with Gasteiger partial charge in [-0.15, -0.1) is 0 Å². The molecule has 1 unspecified atom stereocenters. The Morgan fingerprint density at radius 2 is 2.11 bits per heavy atom. The lowest BCUT2D eigenvalue weighted by molar-refractivity contribution is -0.385. The zero-order chi connectivity index (χ0) is 13.7. The highest BCUT2D eigenvalue weighted by Gasteiger charge is 2.16. The van der Waals surface area contributed by atoms with Crippen molar-refractivity contribution in [2.75, 3.05) is 0 Å². The summed E-state index contributed by atoms with van der Waals surface area (Å²) in [7, 11) is 0. The smallest absolute Gasteiger partial charge is 0.273 e. The number of hydrogen-bond donors (Lipinski definition) is 1. The summed E-state index contributed by atoms with van der Waals surface area (Å²) in [5.41, 5.74) is 0.887. The molecule has 0 bridgehead atoms. The van der Waals surface area contributed by atoms with E-state index in [9.17, 15) is 10.1 Å². The summed E-state index contributed by atoms with van der Waals surface area (Å²) >= 11 is 3.35. The Morgan fingerprint density at radius 1 is 1.44 bits per heavy atom. The van der Waals surface area contributed by atoms with Crippen LogP contribution in [0.5, 0.6) is 0 Å². The quantitative estimate of drug-likeness (QED) is 0.640. The lowest BCUT2D eigenvalue weighted by atomic mass is 10.0. The molecule has 0 aliphatic carbocycles. The van der Waals surface area contributed by atoms with E-state index < -0.39 is 0 Å². The topological polar surface area (TPSA) is 55.2 Å². The van der Waals surface area contributed by atoms with E-state index in [0.29, 0.717) is 24.1 Å². The molecule has 5 heteroatoms. The summed E-state index contributed by atoms with van der Waals surface area (Å²) in [6.07, 6.45) is 1.01. The molecule has 1 aromatic carbocycles. The Labute approximate surface area is 116 Å². The predicted octanol–water partition coefficient (Wildman–Crippen LogP) is 3.88. The Balaban J connectivity index is 2.83. The Kier molecular flexibility index (Phi) is 5.75. The van der Waals surface area contributed by atoms with Crippen LogP contribution in [-0.4, -0.2) is 11.0 Å². The summed E-state index contributed by atoms with van der Waals surface area (Å²) in [5.74, 6) is 0.515. The van der Waals surface area contributed by atoms with E-state index in [1.165, 1.54) is 6.07 Å². The van der Waals surface area contributed by atoms with Gasteiger partial charge in [-0.2, -0.15) is 0 Å². The number of nitrogens with one attached hydrogen (secondary N) is 1. The number of rotatable bonds is 6. The molecule has 1 atom stereocenters. The van der Waals surface area contributed by atoms with Crippen molar-refractivity contribution in [2.45, 2.75) is 39.8 Å². The first-order chi connectivity index (χ1) is 8.45. The number of nitro benzene ring substituents is 1. The Morgan fingerprint density at radius 3 is 2.61 bits per heavy atom. The van der Waals surface area contributed by atoms with Gasteiger partial charge in [-0.25, -0.2) is 0 Å². The van der Waals surface area contributed by atoms with E-state index >= 15 is 0 Å². The molecule has 0 aliphatic heterocycles. The summed E-state index contributed by atoms with van der Waals surface area (Å²) in [5, 5.41) is 14.3. The maximum absolute atomic E-state index is 10.9. The Hall–Kier alpha value is -0.940. The summed E-state index contributed by atoms with van der Waals surface area (Å²) in [6.45, 7) is 6.94. The molecule has 1 rings (SSSR count). The zero-order valence-electron chi connectivity index (χ0n) is 10.9. The van der Waals surface area contributed by atoms with Crippen LogP contribution >= 0.6 is 15.9 Å². The van der Waals surface area contributed by atoms with Crippen LogP contribution in [0.2, 0.25) is 0 Å². The van der Waals surface area contributed by atoms with Crippen LogP contribution in [-0.2, 0) is 6.54 Å². The normalized spacial score (nSPS) is 12.7. The SMILES string of the molecule is CCC(NCc1cc(Br)ccc1[N+](=O)[O-])C(C)C.